The standard InChI is InChI=1S/C10H12F3N3/c11-10(12,13)9-2-1-8(7-15-9)16-5-3-14-4-6-16/h1-2,7,14H,3-6H2/p+1. The highest BCUT2D eigenvalue weighted by Gasteiger charge is 2.32. The predicted octanol–water partition coefficient (Wildman–Crippen LogP) is 0.484. The second-order valence-electron chi connectivity index (χ2n) is 3.75. The van der Waals surface area contributed by atoms with Crippen molar-refractivity contribution in [1.82, 2.24) is 4.98 Å². The molecule has 2 rings (SSSR count). The first kappa shape index (κ1) is 11.2. The van der Waals surface area contributed by atoms with Crippen LogP contribution in [0.1, 0.15) is 5.69 Å². The van der Waals surface area contributed by atoms with E-state index in [1.807, 2.05) is 4.90 Å². The quantitative estimate of drug-likeness (QED) is 0.764. The third-order valence-electron chi connectivity index (χ3n) is 2.61. The van der Waals surface area contributed by atoms with Crippen molar-refractivity contribution in [2.45, 2.75) is 6.18 Å². The highest BCUT2D eigenvalue weighted by atomic mass is 19.4. The maximum Gasteiger partial charge on any atom is 0.433 e. The molecule has 1 saturated heterocycles. The van der Waals surface area contributed by atoms with Gasteiger partial charge in [0.2, 0.25) is 0 Å². The lowest BCUT2D eigenvalue weighted by atomic mass is 10.2. The zero-order valence-electron chi connectivity index (χ0n) is 8.67. The smallest absolute Gasteiger partial charge is 0.359 e. The summed E-state index contributed by atoms with van der Waals surface area (Å²) >= 11 is 0. The minimum atomic E-state index is -4.35. The summed E-state index contributed by atoms with van der Waals surface area (Å²) in [4.78, 5) is 5.50. The molecule has 1 aromatic heterocycles. The van der Waals surface area contributed by atoms with Crippen molar-refractivity contribution in [2.24, 2.45) is 0 Å². The Kier molecular flexibility index (Phi) is 3.00. The van der Waals surface area contributed by atoms with Crippen LogP contribution in [-0.4, -0.2) is 31.2 Å². The molecule has 2 heterocycles. The molecule has 1 fully saturated rings. The van der Waals surface area contributed by atoms with Crippen molar-refractivity contribution in [3.63, 3.8) is 0 Å². The normalized spacial score (nSPS) is 17.6. The van der Waals surface area contributed by atoms with Crippen molar-refractivity contribution in [3.8, 4) is 0 Å². The number of hydrogen-bond acceptors (Lipinski definition) is 2. The first-order valence-corrected chi connectivity index (χ1v) is 5.17. The summed E-state index contributed by atoms with van der Waals surface area (Å²) in [6, 6.07) is 2.52. The molecule has 0 atom stereocenters. The van der Waals surface area contributed by atoms with Gasteiger partial charge in [-0.25, -0.2) is 4.98 Å². The summed E-state index contributed by atoms with van der Waals surface area (Å²) in [7, 11) is 0. The monoisotopic (exact) mass is 232 g/mol. The van der Waals surface area contributed by atoms with Crippen molar-refractivity contribution in [2.75, 3.05) is 31.1 Å². The molecule has 16 heavy (non-hydrogen) atoms. The first-order valence-electron chi connectivity index (χ1n) is 5.17. The Morgan fingerprint density at radius 1 is 1.19 bits per heavy atom. The zero-order valence-corrected chi connectivity index (χ0v) is 8.67. The number of hydrogen-bond donors (Lipinski definition) is 1. The van der Waals surface area contributed by atoms with E-state index in [1.54, 1.807) is 0 Å². The van der Waals surface area contributed by atoms with Crippen LogP contribution in [0.15, 0.2) is 18.3 Å². The third kappa shape index (κ3) is 2.44. The van der Waals surface area contributed by atoms with E-state index in [4.69, 9.17) is 0 Å². The largest absolute Gasteiger partial charge is 0.433 e. The van der Waals surface area contributed by atoms with Gasteiger partial charge in [-0.1, -0.05) is 0 Å². The Labute approximate surface area is 91.3 Å². The number of nitrogens with zero attached hydrogens (tertiary/aromatic N) is 2. The van der Waals surface area contributed by atoms with Crippen molar-refractivity contribution >= 4 is 5.69 Å². The van der Waals surface area contributed by atoms with E-state index in [-0.39, 0.29) is 0 Å². The van der Waals surface area contributed by atoms with Crippen LogP contribution in [-0.2, 0) is 6.18 Å². The Bertz CT molecular complexity index is 341. The molecule has 0 radical (unpaired) electrons. The van der Waals surface area contributed by atoms with Crippen LogP contribution in [0.2, 0.25) is 0 Å². The molecule has 1 aliphatic heterocycles. The average Bonchev–Trinajstić information content (AvgIpc) is 2.29. The van der Waals surface area contributed by atoms with Crippen LogP contribution in [0, 0.1) is 0 Å². The van der Waals surface area contributed by atoms with Gasteiger partial charge in [0.15, 0.2) is 0 Å². The summed E-state index contributed by atoms with van der Waals surface area (Å²) in [6.45, 7) is 3.65. The number of piperazine rings is 1. The molecule has 0 saturated carbocycles. The van der Waals surface area contributed by atoms with Gasteiger partial charge in [0.1, 0.15) is 5.69 Å². The van der Waals surface area contributed by atoms with Gasteiger partial charge in [-0.2, -0.15) is 13.2 Å². The fourth-order valence-electron chi connectivity index (χ4n) is 1.75. The first-order chi connectivity index (χ1) is 7.57. The second-order valence-corrected chi connectivity index (χ2v) is 3.75. The fraction of sp³-hybridized carbons (Fsp3) is 0.500. The van der Waals surface area contributed by atoms with Crippen molar-refractivity contribution in [1.29, 1.82) is 0 Å². The molecular weight excluding hydrogens is 219 g/mol. The molecule has 1 aliphatic rings. The fourth-order valence-corrected chi connectivity index (χ4v) is 1.75. The van der Waals surface area contributed by atoms with Gasteiger partial charge < -0.3 is 10.2 Å². The summed E-state index contributed by atoms with van der Waals surface area (Å²) in [5.74, 6) is 0. The molecule has 0 aliphatic carbocycles. The topological polar surface area (TPSA) is 32.7 Å². The highest BCUT2D eigenvalue weighted by molar-refractivity contribution is 5.44. The van der Waals surface area contributed by atoms with Gasteiger partial charge in [0.25, 0.3) is 0 Å². The number of aromatic nitrogens is 1. The minimum absolute atomic E-state index is 0.765. The molecule has 0 aromatic carbocycles. The number of nitrogens with two attached hydrogens (primary N) is 1. The summed E-state index contributed by atoms with van der Waals surface area (Å²) in [5, 5.41) is 2.19. The van der Waals surface area contributed by atoms with Gasteiger partial charge in [-0.15, -0.1) is 0 Å². The Hall–Kier alpha value is -1.30. The number of anilines is 1. The molecule has 6 heteroatoms. The molecule has 0 spiro atoms. The second kappa shape index (κ2) is 4.29. The number of alkyl halides is 3. The van der Waals surface area contributed by atoms with Gasteiger partial charge in [0.05, 0.1) is 38.1 Å². The Morgan fingerprint density at radius 2 is 1.88 bits per heavy atom. The Balaban J connectivity index is 2.12. The summed E-state index contributed by atoms with van der Waals surface area (Å²) in [6.07, 6.45) is -3.05. The van der Waals surface area contributed by atoms with Crippen LogP contribution in [0.25, 0.3) is 0 Å². The van der Waals surface area contributed by atoms with Gasteiger partial charge >= 0.3 is 6.18 Å². The lowest BCUT2D eigenvalue weighted by Gasteiger charge is -2.27. The lowest BCUT2D eigenvalue weighted by molar-refractivity contribution is -0.655. The molecule has 2 N–H and O–H groups in total. The average molecular weight is 232 g/mol. The maximum absolute atomic E-state index is 12.3. The third-order valence-corrected chi connectivity index (χ3v) is 2.61. The van der Waals surface area contributed by atoms with Crippen LogP contribution >= 0.6 is 0 Å². The predicted molar refractivity (Wildman–Crippen MR) is 53.1 cm³/mol. The molecule has 1 aromatic rings. The van der Waals surface area contributed by atoms with Crippen molar-refractivity contribution in [3.05, 3.63) is 24.0 Å². The Morgan fingerprint density at radius 3 is 2.38 bits per heavy atom. The minimum Gasteiger partial charge on any atom is -0.359 e. The molecule has 0 amide bonds. The van der Waals surface area contributed by atoms with E-state index < -0.39 is 11.9 Å². The van der Waals surface area contributed by atoms with E-state index in [2.05, 4.69) is 10.3 Å². The molecule has 0 bridgehead atoms. The maximum atomic E-state index is 12.3. The van der Waals surface area contributed by atoms with E-state index >= 15 is 0 Å². The van der Waals surface area contributed by atoms with Gasteiger partial charge in [0, 0.05) is 0 Å². The van der Waals surface area contributed by atoms with E-state index in [0.717, 1.165) is 37.9 Å². The van der Waals surface area contributed by atoms with Crippen LogP contribution in [0.3, 0.4) is 0 Å². The van der Waals surface area contributed by atoms with Crippen LogP contribution in [0.4, 0.5) is 18.9 Å². The van der Waals surface area contributed by atoms with Crippen LogP contribution < -0.4 is 10.2 Å². The molecule has 88 valence electrons. The van der Waals surface area contributed by atoms with E-state index in [0.29, 0.717) is 0 Å². The van der Waals surface area contributed by atoms with E-state index in [9.17, 15) is 13.2 Å². The number of pyridine rings is 1. The van der Waals surface area contributed by atoms with Gasteiger partial charge in [-0.3, -0.25) is 0 Å². The molecular formula is C10H13F3N3+. The van der Waals surface area contributed by atoms with Gasteiger partial charge in [-0.05, 0) is 12.1 Å². The van der Waals surface area contributed by atoms with Crippen molar-refractivity contribution < 1.29 is 18.5 Å². The number of halogens is 3. The van der Waals surface area contributed by atoms with Crippen LogP contribution in [0.5, 0.6) is 0 Å². The SMILES string of the molecule is FC(F)(F)c1ccc(N2CC[NH2+]CC2)cn1. The molecule has 3 nitrogen and oxygen atoms in total. The lowest BCUT2D eigenvalue weighted by Crippen LogP contribution is -2.89. The highest BCUT2D eigenvalue weighted by Crippen LogP contribution is 2.28. The zero-order chi connectivity index (χ0) is 11.6. The van der Waals surface area contributed by atoms with E-state index in [1.165, 1.54) is 12.3 Å². The molecule has 0 unspecified atom stereocenters. The summed E-state index contributed by atoms with van der Waals surface area (Å²) in [5.41, 5.74) is -0.0686. The number of rotatable bonds is 1. The number of quaternary nitrogens is 1. The summed E-state index contributed by atoms with van der Waals surface area (Å²) < 4.78 is 36.8.